The molecule has 0 aromatic heterocycles. The first kappa shape index (κ1) is 35.2. The van der Waals surface area contributed by atoms with Crippen LogP contribution in [0.5, 0.6) is 40.2 Å². The lowest BCUT2D eigenvalue weighted by molar-refractivity contribution is 0.0402. The third-order valence-electron chi connectivity index (χ3n) is 6.05. The number of carbonyl (C=O) groups is 1. The van der Waals surface area contributed by atoms with Crippen LogP contribution < -0.4 is 33.2 Å². The highest BCUT2D eigenvalue weighted by atomic mass is 16.7. The van der Waals surface area contributed by atoms with Crippen molar-refractivity contribution in [1.29, 1.82) is 0 Å². The molecule has 0 amide bonds. The molecule has 1 fully saturated rings. The Morgan fingerprint density at radius 2 is 1.18 bits per heavy atom. The van der Waals surface area contributed by atoms with Gasteiger partial charge in [0, 0.05) is 40.6 Å². The highest BCUT2D eigenvalue weighted by molar-refractivity contribution is 5.84. The molecule has 1 heterocycles. The molecule has 3 aromatic carbocycles. The fourth-order valence-corrected chi connectivity index (χ4v) is 3.84. The standard InChI is InChI=1S/C19H22O6.C13H18O7/c1-20-12-25-16-6-4-13(8-17(16)22-3)10-23-18-9-14(19-11-24-19)5-7-15(18)21-2;1-15-7-18-10-4-12(19-8-16-2)11(6-14)13(5-10)20-9-17-3/h4-9,19H,10-12H2,1-3H3;4-6H,7-9H2,1-3H3. The van der Waals surface area contributed by atoms with Gasteiger partial charge in [0.15, 0.2) is 56.5 Å². The molecule has 0 saturated carbocycles. The van der Waals surface area contributed by atoms with Gasteiger partial charge in [0.2, 0.25) is 0 Å². The Hall–Kier alpha value is -4.27. The monoisotopic (exact) mass is 632 g/mol. The summed E-state index contributed by atoms with van der Waals surface area (Å²) in [6.45, 7) is 1.36. The summed E-state index contributed by atoms with van der Waals surface area (Å²) in [5.74, 6) is 3.66. The second-order valence-corrected chi connectivity index (χ2v) is 9.16. The maximum Gasteiger partial charge on any atom is 0.188 e. The molecular formula is C32H40O13. The zero-order valence-corrected chi connectivity index (χ0v) is 26.3. The van der Waals surface area contributed by atoms with E-state index in [2.05, 4.69) is 0 Å². The minimum absolute atomic E-state index is 0.00170. The second-order valence-electron chi connectivity index (χ2n) is 9.16. The summed E-state index contributed by atoms with van der Waals surface area (Å²) in [5.41, 5.74) is 2.30. The van der Waals surface area contributed by atoms with Crippen molar-refractivity contribution in [2.24, 2.45) is 0 Å². The molecular weight excluding hydrogens is 592 g/mol. The molecule has 0 bridgehead atoms. The van der Waals surface area contributed by atoms with Gasteiger partial charge in [-0.15, -0.1) is 0 Å². The van der Waals surface area contributed by atoms with Crippen molar-refractivity contribution in [2.45, 2.75) is 12.7 Å². The Morgan fingerprint density at radius 1 is 0.622 bits per heavy atom. The van der Waals surface area contributed by atoms with Crippen LogP contribution >= 0.6 is 0 Å². The van der Waals surface area contributed by atoms with Gasteiger partial charge in [-0.25, -0.2) is 0 Å². The number of carbonyl (C=O) groups excluding carboxylic acids is 1. The van der Waals surface area contributed by atoms with Crippen molar-refractivity contribution in [3.05, 3.63) is 65.2 Å². The van der Waals surface area contributed by atoms with E-state index in [-0.39, 0.29) is 38.8 Å². The van der Waals surface area contributed by atoms with E-state index in [9.17, 15) is 4.79 Å². The van der Waals surface area contributed by atoms with Crippen molar-refractivity contribution >= 4 is 6.29 Å². The van der Waals surface area contributed by atoms with Crippen LogP contribution in [0.3, 0.4) is 0 Å². The Morgan fingerprint density at radius 3 is 1.71 bits per heavy atom. The highest BCUT2D eigenvalue weighted by Crippen LogP contribution is 2.37. The van der Waals surface area contributed by atoms with Crippen LogP contribution in [-0.2, 0) is 30.3 Å². The number of aldehydes is 1. The molecule has 1 atom stereocenters. The molecule has 45 heavy (non-hydrogen) atoms. The average Bonchev–Trinajstić information content (AvgIpc) is 3.93. The number of ether oxygens (including phenoxy) is 12. The van der Waals surface area contributed by atoms with Gasteiger partial charge in [-0.2, -0.15) is 0 Å². The maximum atomic E-state index is 11.2. The molecule has 3 aromatic rings. The number of epoxide rings is 1. The van der Waals surface area contributed by atoms with Crippen LogP contribution in [0.25, 0.3) is 0 Å². The van der Waals surface area contributed by atoms with E-state index in [1.54, 1.807) is 33.5 Å². The van der Waals surface area contributed by atoms with Crippen molar-refractivity contribution in [3.8, 4) is 40.2 Å². The summed E-state index contributed by atoms with van der Waals surface area (Å²) < 4.78 is 62.8. The maximum absolute atomic E-state index is 11.2. The fraction of sp³-hybridized carbons (Fsp3) is 0.406. The predicted molar refractivity (Wildman–Crippen MR) is 161 cm³/mol. The minimum Gasteiger partial charge on any atom is -0.493 e. The lowest BCUT2D eigenvalue weighted by Crippen LogP contribution is -2.07. The lowest BCUT2D eigenvalue weighted by atomic mass is 10.1. The smallest absolute Gasteiger partial charge is 0.188 e. The summed E-state index contributed by atoms with van der Waals surface area (Å²) in [6.07, 6.45) is 0.807. The minimum atomic E-state index is -0.00170. The number of hydrogen-bond donors (Lipinski definition) is 0. The normalized spacial score (nSPS) is 13.2. The van der Waals surface area contributed by atoms with Gasteiger partial charge >= 0.3 is 0 Å². The predicted octanol–water partition coefficient (Wildman–Crippen LogP) is 4.78. The summed E-state index contributed by atoms with van der Waals surface area (Å²) in [6, 6.07) is 14.6. The van der Waals surface area contributed by atoms with E-state index in [0.717, 1.165) is 17.7 Å². The van der Waals surface area contributed by atoms with Crippen LogP contribution in [0, 0.1) is 0 Å². The summed E-state index contributed by atoms with van der Waals surface area (Å²) >= 11 is 0. The van der Waals surface area contributed by atoms with Gasteiger partial charge < -0.3 is 56.8 Å². The zero-order valence-electron chi connectivity index (χ0n) is 26.3. The van der Waals surface area contributed by atoms with E-state index >= 15 is 0 Å². The largest absolute Gasteiger partial charge is 0.493 e. The summed E-state index contributed by atoms with van der Waals surface area (Å²) in [5, 5.41) is 0. The molecule has 246 valence electrons. The van der Waals surface area contributed by atoms with Crippen molar-refractivity contribution < 1.29 is 61.6 Å². The molecule has 0 radical (unpaired) electrons. The van der Waals surface area contributed by atoms with Crippen molar-refractivity contribution in [3.63, 3.8) is 0 Å². The Bertz CT molecular complexity index is 1300. The average molecular weight is 633 g/mol. The van der Waals surface area contributed by atoms with Crippen LogP contribution in [0.4, 0.5) is 0 Å². The number of benzene rings is 3. The fourth-order valence-electron chi connectivity index (χ4n) is 3.84. The second kappa shape index (κ2) is 19.2. The molecule has 1 saturated heterocycles. The van der Waals surface area contributed by atoms with Crippen molar-refractivity contribution in [2.75, 3.05) is 76.4 Å². The molecule has 1 aliphatic heterocycles. The number of methoxy groups -OCH3 is 6. The van der Waals surface area contributed by atoms with E-state index in [4.69, 9.17) is 56.8 Å². The van der Waals surface area contributed by atoms with Gasteiger partial charge in [-0.05, 0) is 35.4 Å². The van der Waals surface area contributed by atoms with Crippen LogP contribution in [0.1, 0.15) is 27.6 Å². The molecule has 13 nitrogen and oxygen atoms in total. The third kappa shape index (κ3) is 11.0. The zero-order chi connectivity index (χ0) is 32.4. The van der Waals surface area contributed by atoms with Crippen LogP contribution in [0.2, 0.25) is 0 Å². The first-order valence-corrected chi connectivity index (χ1v) is 13.7. The van der Waals surface area contributed by atoms with Gasteiger partial charge in [-0.1, -0.05) is 12.1 Å². The van der Waals surface area contributed by atoms with Gasteiger partial charge in [0.1, 0.15) is 30.0 Å². The Kier molecular flexibility index (Phi) is 15.0. The first-order chi connectivity index (χ1) is 22.0. The van der Waals surface area contributed by atoms with E-state index in [1.165, 1.54) is 21.3 Å². The first-order valence-electron chi connectivity index (χ1n) is 13.7. The van der Waals surface area contributed by atoms with E-state index < -0.39 is 0 Å². The third-order valence-corrected chi connectivity index (χ3v) is 6.05. The van der Waals surface area contributed by atoms with Crippen LogP contribution in [-0.4, -0.2) is 82.7 Å². The Balaban J connectivity index is 0.000000253. The molecule has 0 spiro atoms. The quantitative estimate of drug-likeness (QED) is 0.102. The van der Waals surface area contributed by atoms with E-state index in [1.807, 2.05) is 36.4 Å². The molecule has 0 aliphatic carbocycles. The molecule has 1 unspecified atom stereocenters. The highest BCUT2D eigenvalue weighted by Gasteiger charge is 2.26. The number of hydrogen-bond acceptors (Lipinski definition) is 13. The van der Waals surface area contributed by atoms with Gasteiger partial charge in [0.25, 0.3) is 0 Å². The lowest BCUT2D eigenvalue weighted by Gasteiger charge is -2.14. The topological polar surface area (TPSA) is 131 Å². The summed E-state index contributed by atoms with van der Waals surface area (Å²) in [4.78, 5) is 11.2. The van der Waals surface area contributed by atoms with Gasteiger partial charge in [0.05, 0.1) is 26.4 Å². The van der Waals surface area contributed by atoms with Crippen molar-refractivity contribution in [1.82, 2.24) is 0 Å². The number of rotatable bonds is 19. The molecule has 0 N–H and O–H groups in total. The molecule has 13 heteroatoms. The van der Waals surface area contributed by atoms with Gasteiger partial charge in [-0.3, -0.25) is 4.79 Å². The Labute approximate surface area is 262 Å². The summed E-state index contributed by atoms with van der Waals surface area (Å²) in [7, 11) is 9.26. The SMILES string of the molecule is COCOc1cc(OCOC)c(C=O)c(OCOC)c1.COCOc1ccc(COc2cc(C3CO3)ccc2OC)cc1OC. The van der Waals surface area contributed by atoms with Crippen LogP contribution in [0.15, 0.2) is 48.5 Å². The molecule has 4 rings (SSSR count). The molecule has 1 aliphatic rings. The van der Waals surface area contributed by atoms with E-state index in [0.29, 0.717) is 53.1 Å².